The van der Waals surface area contributed by atoms with Crippen LogP contribution in [0.1, 0.15) is 42.7 Å². The number of likely N-dealkylation sites (N-methyl/N-ethyl adjacent to an activating group) is 1. The Morgan fingerprint density at radius 1 is 1.11 bits per heavy atom. The zero-order chi connectivity index (χ0) is 19.7. The Labute approximate surface area is 162 Å². The molecule has 0 spiro atoms. The fourth-order valence-electron chi connectivity index (χ4n) is 3.11. The van der Waals surface area contributed by atoms with E-state index in [9.17, 15) is 14.4 Å². The third kappa shape index (κ3) is 3.59. The predicted octanol–water partition coefficient (Wildman–Crippen LogP) is 2.60. The molecule has 0 aliphatic carbocycles. The Balaban J connectivity index is 1.77. The summed E-state index contributed by atoms with van der Waals surface area (Å²) < 4.78 is 0. The van der Waals surface area contributed by atoms with E-state index < -0.39 is 5.91 Å². The average molecular weight is 386 g/mol. The molecule has 0 saturated heterocycles. The highest BCUT2D eigenvalue weighted by atomic mass is 35.5. The number of carbonyl (C=O) groups excluding carboxylic acids is 3. The van der Waals surface area contributed by atoms with Crippen LogP contribution >= 0.6 is 11.6 Å². The van der Waals surface area contributed by atoms with E-state index in [1.165, 1.54) is 19.2 Å². The topological polar surface area (TPSA) is 69.7 Å². The minimum Gasteiger partial charge on any atom is -0.350 e. The highest BCUT2D eigenvalue weighted by molar-refractivity contribution is 6.31. The molecule has 1 aliphatic rings. The normalized spacial score (nSPS) is 14.5. The van der Waals surface area contributed by atoms with Crippen molar-refractivity contribution in [3.63, 3.8) is 0 Å². The Kier molecular flexibility index (Phi) is 5.30. The van der Waals surface area contributed by atoms with Crippen LogP contribution in [-0.2, 0) is 0 Å². The van der Waals surface area contributed by atoms with Crippen molar-refractivity contribution >= 4 is 29.3 Å². The predicted molar refractivity (Wildman–Crippen MR) is 103 cm³/mol. The number of nitrogens with zero attached hydrogens (tertiary/aromatic N) is 2. The number of halogens is 1. The molecule has 7 heteroatoms. The minimum atomic E-state index is -0.396. The van der Waals surface area contributed by atoms with Crippen LogP contribution in [0.25, 0.3) is 0 Å². The number of rotatable bonds is 5. The first-order valence-electron chi connectivity index (χ1n) is 8.46. The number of hydrogen-bond donors (Lipinski definition) is 1. The first kappa shape index (κ1) is 19.1. The summed E-state index contributed by atoms with van der Waals surface area (Å²) in [6.07, 6.45) is 0. The van der Waals surface area contributed by atoms with E-state index in [1.54, 1.807) is 6.07 Å². The summed E-state index contributed by atoms with van der Waals surface area (Å²) in [4.78, 5) is 39.7. The summed E-state index contributed by atoms with van der Waals surface area (Å²) in [5.41, 5.74) is 1.83. The number of hydrogen-bond acceptors (Lipinski definition) is 4. The number of amides is 3. The first-order valence-corrected chi connectivity index (χ1v) is 8.84. The quantitative estimate of drug-likeness (QED) is 0.803. The smallest absolute Gasteiger partial charge is 0.261 e. The lowest BCUT2D eigenvalue weighted by molar-refractivity contribution is 0.0693. The van der Waals surface area contributed by atoms with E-state index in [0.717, 1.165) is 10.5 Å². The second-order valence-corrected chi connectivity index (χ2v) is 7.05. The zero-order valence-electron chi connectivity index (χ0n) is 15.3. The van der Waals surface area contributed by atoms with Gasteiger partial charge in [-0.05, 0) is 43.9 Å². The third-order valence-corrected chi connectivity index (χ3v) is 5.04. The molecule has 0 bridgehead atoms. The summed E-state index contributed by atoms with van der Waals surface area (Å²) in [6.45, 7) is 0.347. The van der Waals surface area contributed by atoms with E-state index in [2.05, 4.69) is 5.32 Å². The molecule has 3 amide bonds. The van der Waals surface area contributed by atoms with Crippen LogP contribution in [0.2, 0.25) is 5.02 Å². The maximum atomic E-state index is 12.6. The van der Waals surface area contributed by atoms with Gasteiger partial charge in [-0.2, -0.15) is 0 Å². The van der Waals surface area contributed by atoms with Crippen LogP contribution in [-0.4, -0.2) is 55.2 Å². The van der Waals surface area contributed by atoms with Crippen LogP contribution in [0.4, 0.5) is 0 Å². The van der Waals surface area contributed by atoms with Gasteiger partial charge >= 0.3 is 0 Å². The summed E-state index contributed by atoms with van der Waals surface area (Å²) in [5, 5.41) is 3.52. The Hall–Kier alpha value is -2.70. The summed E-state index contributed by atoms with van der Waals surface area (Å²) >= 11 is 6.29. The molecule has 0 aromatic heterocycles. The van der Waals surface area contributed by atoms with Crippen LogP contribution in [0.3, 0.4) is 0 Å². The molecule has 2 aromatic carbocycles. The molecule has 140 valence electrons. The van der Waals surface area contributed by atoms with Crippen molar-refractivity contribution in [1.82, 2.24) is 15.1 Å². The molecule has 3 rings (SSSR count). The standard InChI is InChI=1S/C20H20ClN3O3/c1-23(2)17(14-6-4-5-7-16(14)21)11-22-18(25)12-8-9-13-15(10-12)20(27)24(3)19(13)26/h4-10,17H,11H2,1-3H3,(H,22,25)/t17-/m1/s1. The summed E-state index contributed by atoms with van der Waals surface area (Å²) in [7, 11) is 5.25. The molecule has 1 heterocycles. The largest absolute Gasteiger partial charge is 0.350 e. The van der Waals surface area contributed by atoms with Gasteiger partial charge in [-0.3, -0.25) is 19.3 Å². The fourth-order valence-corrected chi connectivity index (χ4v) is 3.37. The molecule has 0 saturated carbocycles. The van der Waals surface area contributed by atoms with E-state index in [1.807, 2.05) is 43.3 Å². The molecule has 0 fully saturated rings. The minimum absolute atomic E-state index is 0.105. The van der Waals surface area contributed by atoms with Crippen LogP contribution in [0, 0.1) is 0 Å². The third-order valence-electron chi connectivity index (χ3n) is 4.70. The number of carbonyl (C=O) groups is 3. The lowest BCUT2D eigenvalue weighted by Gasteiger charge is -2.26. The second kappa shape index (κ2) is 7.50. The SMILES string of the molecule is CN1C(=O)c2ccc(C(=O)NC[C@H](c3ccccc3Cl)N(C)C)cc2C1=O. The number of imide groups is 1. The van der Waals surface area contributed by atoms with E-state index in [4.69, 9.17) is 11.6 Å². The number of benzene rings is 2. The van der Waals surface area contributed by atoms with Crippen LogP contribution in [0.5, 0.6) is 0 Å². The lowest BCUT2D eigenvalue weighted by Crippen LogP contribution is -2.34. The van der Waals surface area contributed by atoms with Crippen LogP contribution < -0.4 is 5.32 Å². The van der Waals surface area contributed by atoms with Crippen molar-refractivity contribution in [3.05, 3.63) is 69.7 Å². The van der Waals surface area contributed by atoms with E-state index in [-0.39, 0.29) is 23.4 Å². The maximum Gasteiger partial charge on any atom is 0.261 e. The highest BCUT2D eigenvalue weighted by Gasteiger charge is 2.33. The molecule has 0 radical (unpaired) electrons. The Morgan fingerprint density at radius 3 is 2.44 bits per heavy atom. The van der Waals surface area contributed by atoms with Crippen molar-refractivity contribution < 1.29 is 14.4 Å². The van der Waals surface area contributed by atoms with Gasteiger partial charge in [0.05, 0.1) is 17.2 Å². The zero-order valence-corrected chi connectivity index (χ0v) is 16.1. The van der Waals surface area contributed by atoms with Gasteiger partial charge in [0, 0.05) is 24.2 Å². The van der Waals surface area contributed by atoms with Gasteiger partial charge in [-0.1, -0.05) is 29.8 Å². The Morgan fingerprint density at radius 2 is 1.78 bits per heavy atom. The van der Waals surface area contributed by atoms with E-state index >= 15 is 0 Å². The van der Waals surface area contributed by atoms with Gasteiger partial charge in [0.25, 0.3) is 17.7 Å². The second-order valence-electron chi connectivity index (χ2n) is 6.64. The molecular formula is C20H20ClN3O3. The fraction of sp³-hybridized carbons (Fsp3) is 0.250. The van der Waals surface area contributed by atoms with Crippen molar-refractivity contribution in [2.24, 2.45) is 0 Å². The maximum absolute atomic E-state index is 12.6. The summed E-state index contributed by atoms with van der Waals surface area (Å²) in [5.74, 6) is -1.06. The van der Waals surface area contributed by atoms with Crippen molar-refractivity contribution in [3.8, 4) is 0 Å². The van der Waals surface area contributed by atoms with Gasteiger partial charge in [0.2, 0.25) is 0 Å². The lowest BCUT2D eigenvalue weighted by atomic mass is 10.0. The average Bonchev–Trinajstić information content (AvgIpc) is 2.87. The van der Waals surface area contributed by atoms with Crippen molar-refractivity contribution in [2.45, 2.75) is 6.04 Å². The molecule has 1 aliphatic heterocycles. The van der Waals surface area contributed by atoms with Gasteiger partial charge in [0.15, 0.2) is 0 Å². The molecule has 1 N–H and O–H groups in total. The van der Waals surface area contributed by atoms with Gasteiger partial charge in [0.1, 0.15) is 0 Å². The van der Waals surface area contributed by atoms with Crippen LogP contribution in [0.15, 0.2) is 42.5 Å². The monoisotopic (exact) mass is 385 g/mol. The van der Waals surface area contributed by atoms with E-state index in [0.29, 0.717) is 22.7 Å². The number of nitrogens with one attached hydrogen (secondary N) is 1. The number of fused-ring (bicyclic) bond motifs is 1. The van der Waals surface area contributed by atoms with Gasteiger partial charge in [-0.25, -0.2) is 0 Å². The first-order chi connectivity index (χ1) is 12.8. The van der Waals surface area contributed by atoms with Crippen molar-refractivity contribution in [2.75, 3.05) is 27.7 Å². The van der Waals surface area contributed by atoms with Crippen molar-refractivity contribution in [1.29, 1.82) is 0 Å². The Bertz CT molecular complexity index is 926. The molecule has 27 heavy (non-hydrogen) atoms. The molecule has 1 atom stereocenters. The molecule has 6 nitrogen and oxygen atoms in total. The molecule has 0 unspecified atom stereocenters. The highest BCUT2D eigenvalue weighted by Crippen LogP contribution is 2.26. The summed E-state index contributed by atoms with van der Waals surface area (Å²) in [6, 6.07) is 11.9. The molecule has 2 aromatic rings. The van der Waals surface area contributed by atoms with Gasteiger partial charge < -0.3 is 10.2 Å². The van der Waals surface area contributed by atoms with Gasteiger partial charge in [-0.15, -0.1) is 0 Å². The molecular weight excluding hydrogens is 366 g/mol.